The normalized spacial score (nSPS) is 11.3. The van der Waals surface area contributed by atoms with Crippen LogP contribution in [0, 0.1) is 11.3 Å². The third-order valence-electron chi connectivity index (χ3n) is 4.41. The third-order valence-corrected chi connectivity index (χ3v) is 4.41. The van der Waals surface area contributed by atoms with E-state index in [1.54, 1.807) is 6.07 Å². The van der Waals surface area contributed by atoms with Crippen molar-refractivity contribution in [3.8, 4) is 28.8 Å². The van der Waals surface area contributed by atoms with Gasteiger partial charge in [-0.05, 0) is 48.0 Å². The molecule has 2 aromatic carbocycles. The predicted molar refractivity (Wildman–Crippen MR) is 102 cm³/mol. The van der Waals surface area contributed by atoms with E-state index < -0.39 is 11.7 Å². The number of nitrogens with one attached hydrogen (secondary N) is 1. The summed E-state index contributed by atoms with van der Waals surface area (Å²) in [5.74, 6) is 0.0150. The fourth-order valence-corrected chi connectivity index (χ4v) is 2.93. The Hall–Kier alpha value is -4.06. The van der Waals surface area contributed by atoms with Crippen LogP contribution in [0.15, 0.2) is 67.0 Å². The second-order valence-electron chi connectivity index (χ2n) is 6.42. The highest BCUT2D eigenvalue weighted by Crippen LogP contribution is 2.36. The molecule has 6 nitrogen and oxygen atoms in total. The van der Waals surface area contributed by atoms with Crippen LogP contribution in [0.25, 0.3) is 16.9 Å². The number of hydrogen-bond acceptors (Lipinski definition) is 4. The molecule has 0 spiro atoms. The molecule has 0 unspecified atom stereocenters. The molecule has 4 aromatic rings. The number of nitriles is 1. The van der Waals surface area contributed by atoms with E-state index in [0.717, 1.165) is 23.4 Å². The average molecular weight is 409 g/mol. The van der Waals surface area contributed by atoms with Crippen LogP contribution < -0.4 is 4.74 Å². The van der Waals surface area contributed by atoms with Crippen LogP contribution >= 0.6 is 0 Å². The zero-order valence-corrected chi connectivity index (χ0v) is 15.4. The quantitative estimate of drug-likeness (QED) is 0.517. The largest absolute Gasteiger partial charge is 0.489 e. The van der Waals surface area contributed by atoms with Gasteiger partial charge in [-0.2, -0.15) is 28.7 Å². The lowest BCUT2D eigenvalue weighted by Crippen LogP contribution is -2.06. The molecule has 2 heterocycles. The van der Waals surface area contributed by atoms with Gasteiger partial charge in [0.2, 0.25) is 0 Å². The molecule has 0 radical (unpaired) electrons. The van der Waals surface area contributed by atoms with Gasteiger partial charge < -0.3 is 9.30 Å². The van der Waals surface area contributed by atoms with Gasteiger partial charge >= 0.3 is 6.18 Å². The summed E-state index contributed by atoms with van der Waals surface area (Å²) in [6.07, 6.45) is -0.757. The van der Waals surface area contributed by atoms with Crippen molar-refractivity contribution >= 4 is 0 Å². The summed E-state index contributed by atoms with van der Waals surface area (Å²) in [6, 6.07) is 16.3. The number of aromatic nitrogens is 4. The average Bonchev–Trinajstić information content (AvgIpc) is 3.43. The molecule has 2 aromatic heterocycles. The number of alkyl halides is 3. The van der Waals surface area contributed by atoms with E-state index in [1.165, 1.54) is 6.07 Å². The van der Waals surface area contributed by atoms with Gasteiger partial charge in [0, 0.05) is 23.6 Å². The number of aromatic amines is 1. The van der Waals surface area contributed by atoms with Crippen LogP contribution in [0.3, 0.4) is 0 Å². The summed E-state index contributed by atoms with van der Waals surface area (Å²) >= 11 is 0. The zero-order valence-electron chi connectivity index (χ0n) is 15.4. The van der Waals surface area contributed by atoms with Crippen molar-refractivity contribution in [3.05, 3.63) is 83.8 Å². The van der Waals surface area contributed by atoms with E-state index >= 15 is 0 Å². The second kappa shape index (κ2) is 7.75. The van der Waals surface area contributed by atoms with Gasteiger partial charge in [0.05, 0.1) is 5.56 Å². The first-order valence-electron chi connectivity index (χ1n) is 8.82. The molecular formula is C21H14F3N5O. The number of ether oxygens (including phenoxy) is 1. The molecule has 150 valence electrons. The highest BCUT2D eigenvalue weighted by atomic mass is 19.4. The van der Waals surface area contributed by atoms with Gasteiger partial charge in [-0.3, -0.25) is 0 Å². The number of H-pyrrole nitrogens is 1. The monoisotopic (exact) mass is 409 g/mol. The van der Waals surface area contributed by atoms with Crippen LogP contribution in [-0.4, -0.2) is 20.0 Å². The van der Waals surface area contributed by atoms with Crippen molar-refractivity contribution in [3.63, 3.8) is 0 Å². The van der Waals surface area contributed by atoms with Gasteiger partial charge in [-0.25, -0.2) is 0 Å². The van der Waals surface area contributed by atoms with Crippen molar-refractivity contribution in [1.29, 1.82) is 5.26 Å². The topological polar surface area (TPSA) is 79.5 Å². The summed E-state index contributed by atoms with van der Waals surface area (Å²) in [6.45, 7) is 0.0800. The molecule has 0 aliphatic heterocycles. The Morgan fingerprint density at radius 2 is 1.77 bits per heavy atom. The number of halogens is 3. The van der Waals surface area contributed by atoms with Crippen LogP contribution in [0.5, 0.6) is 5.75 Å². The number of rotatable bonds is 5. The molecule has 0 fully saturated rings. The Bertz CT molecular complexity index is 1190. The van der Waals surface area contributed by atoms with Crippen molar-refractivity contribution in [2.75, 3.05) is 0 Å². The van der Waals surface area contributed by atoms with Gasteiger partial charge in [0.1, 0.15) is 24.1 Å². The lowest BCUT2D eigenvalue weighted by Gasteiger charge is -2.13. The highest BCUT2D eigenvalue weighted by molar-refractivity contribution is 5.67. The molecule has 0 aliphatic carbocycles. The predicted octanol–water partition coefficient (Wildman–Crippen LogP) is 4.73. The van der Waals surface area contributed by atoms with Crippen LogP contribution in [-0.2, 0) is 12.8 Å². The van der Waals surface area contributed by atoms with Gasteiger partial charge in [-0.1, -0.05) is 12.1 Å². The zero-order chi connectivity index (χ0) is 21.1. The Kier molecular flexibility index (Phi) is 4.98. The minimum absolute atomic E-state index is 0.0150. The van der Waals surface area contributed by atoms with E-state index in [0.29, 0.717) is 0 Å². The maximum absolute atomic E-state index is 13.3. The lowest BCUT2D eigenvalue weighted by molar-refractivity contribution is -0.137. The van der Waals surface area contributed by atoms with E-state index in [4.69, 9.17) is 10.00 Å². The fourth-order valence-electron chi connectivity index (χ4n) is 2.93. The van der Waals surface area contributed by atoms with E-state index in [2.05, 4.69) is 15.4 Å². The lowest BCUT2D eigenvalue weighted by atomic mass is 10.1. The molecule has 0 saturated carbocycles. The Labute approximate surface area is 169 Å². The van der Waals surface area contributed by atoms with Gasteiger partial charge in [0.25, 0.3) is 0 Å². The standard InChI is InChI=1S/C21H14F3N5O/c22-21(23,24)16-9-15(20-19(12-25)26-28-27-20)10-18(11-16)30-13-14-3-5-17(6-4-14)29-7-1-2-8-29/h1-11H,13H2,(H,26,27,28). The van der Waals surface area contributed by atoms with Crippen molar-refractivity contribution < 1.29 is 17.9 Å². The van der Waals surface area contributed by atoms with E-state index in [-0.39, 0.29) is 29.3 Å². The first-order chi connectivity index (χ1) is 14.4. The van der Waals surface area contributed by atoms with Crippen LogP contribution in [0.4, 0.5) is 13.2 Å². The maximum atomic E-state index is 13.3. The molecule has 0 bridgehead atoms. The summed E-state index contributed by atoms with van der Waals surface area (Å²) in [5.41, 5.74) is 0.882. The van der Waals surface area contributed by atoms with E-state index in [1.807, 2.05) is 53.4 Å². The SMILES string of the molecule is N#Cc1n[nH]nc1-c1cc(OCc2ccc(-n3cccc3)cc2)cc(C(F)(F)F)c1. The maximum Gasteiger partial charge on any atom is 0.416 e. The first-order valence-corrected chi connectivity index (χ1v) is 8.82. The third kappa shape index (κ3) is 4.03. The summed E-state index contributed by atoms with van der Waals surface area (Å²) in [4.78, 5) is 0. The smallest absolute Gasteiger partial charge is 0.416 e. The molecule has 30 heavy (non-hydrogen) atoms. The highest BCUT2D eigenvalue weighted by Gasteiger charge is 2.32. The van der Waals surface area contributed by atoms with Crippen molar-refractivity contribution in [2.24, 2.45) is 0 Å². The number of nitrogens with zero attached hydrogens (tertiary/aromatic N) is 4. The first kappa shape index (κ1) is 19.3. The molecule has 0 atom stereocenters. The molecule has 4 rings (SSSR count). The molecular weight excluding hydrogens is 395 g/mol. The van der Waals surface area contributed by atoms with Gasteiger partial charge in [0.15, 0.2) is 5.69 Å². The minimum atomic E-state index is -4.58. The molecule has 1 N–H and O–H groups in total. The number of benzene rings is 2. The Morgan fingerprint density at radius 3 is 2.43 bits per heavy atom. The molecule has 0 amide bonds. The summed E-state index contributed by atoms with van der Waals surface area (Å²) in [5, 5.41) is 18.8. The molecule has 9 heteroatoms. The minimum Gasteiger partial charge on any atom is -0.489 e. The van der Waals surface area contributed by atoms with Gasteiger partial charge in [-0.15, -0.1) is 5.10 Å². The Balaban J connectivity index is 1.59. The van der Waals surface area contributed by atoms with Crippen molar-refractivity contribution in [1.82, 2.24) is 20.0 Å². The molecule has 0 aliphatic rings. The number of hydrogen-bond donors (Lipinski definition) is 1. The Morgan fingerprint density at radius 1 is 1.03 bits per heavy atom. The fraction of sp³-hybridized carbons (Fsp3) is 0.0952. The summed E-state index contributed by atoms with van der Waals surface area (Å²) in [7, 11) is 0. The second-order valence-corrected chi connectivity index (χ2v) is 6.42. The molecule has 0 saturated heterocycles. The van der Waals surface area contributed by atoms with E-state index in [9.17, 15) is 13.2 Å². The summed E-state index contributed by atoms with van der Waals surface area (Å²) < 4.78 is 47.6. The van der Waals surface area contributed by atoms with Crippen molar-refractivity contribution in [2.45, 2.75) is 12.8 Å². The van der Waals surface area contributed by atoms with Crippen LogP contribution in [0.1, 0.15) is 16.8 Å². The van der Waals surface area contributed by atoms with Crippen LogP contribution in [0.2, 0.25) is 0 Å².